The fraction of sp³-hybridized carbons (Fsp3) is 0.667. The molecule has 1 rings (SSSR count). The largest absolute Gasteiger partial charge is 0.330 e. The zero-order chi connectivity index (χ0) is 8.43. The minimum atomic E-state index is 0.239. The molecule has 0 amide bonds. The summed E-state index contributed by atoms with van der Waals surface area (Å²) in [4.78, 5) is 11.2. The van der Waals surface area contributed by atoms with Crippen LogP contribution in [0.5, 0.6) is 0 Å². The van der Waals surface area contributed by atoms with Gasteiger partial charge in [-0.1, -0.05) is 6.58 Å². The van der Waals surface area contributed by atoms with Crippen LogP contribution >= 0.6 is 0 Å². The van der Waals surface area contributed by atoms with Crippen LogP contribution in [0, 0.1) is 11.8 Å². The molecule has 2 N–H and O–H groups in total. The Labute approximate surface area is 67.5 Å². The lowest BCUT2D eigenvalue weighted by Gasteiger charge is -1.96. The summed E-state index contributed by atoms with van der Waals surface area (Å²) in [6, 6.07) is 0. The van der Waals surface area contributed by atoms with Crippen LogP contribution in [-0.4, -0.2) is 12.3 Å². The maximum absolute atomic E-state index is 11.2. The number of nitrogens with two attached hydrogens (primary N) is 1. The molecule has 62 valence electrons. The number of ketones is 1. The van der Waals surface area contributed by atoms with Crippen molar-refractivity contribution in [2.24, 2.45) is 17.6 Å². The Hall–Kier alpha value is -0.630. The molecule has 11 heavy (non-hydrogen) atoms. The fourth-order valence-corrected chi connectivity index (χ4v) is 1.42. The minimum Gasteiger partial charge on any atom is -0.330 e. The molecule has 1 aliphatic carbocycles. The number of rotatable bonds is 4. The second kappa shape index (κ2) is 3.18. The lowest BCUT2D eigenvalue weighted by molar-refractivity contribution is -0.116. The maximum Gasteiger partial charge on any atom is 0.161 e. The summed E-state index contributed by atoms with van der Waals surface area (Å²) in [7, 11) is 0. The lowest BCUT2D eigenvalue weighted by Crippen LogP contribution is -2.06. The predicted octanol–water partition coefficient (Wildman–Crippen LogP) is 1.12. The van der Waals surface area contributed by atoms with E-state index in [4.69, 9.17) is 5.73 Å². The van der Waals surface area contributed by atoms with Crippen molar-refractivity contribution in [3.63, 3.8) is 0 Å². The fourth-order valence-electron chi connectivity index (χ4n) is 1.42. The highest BCUT2D eigenvalue weighted by molar-refractivity contribution is 5.97. The third-order valence-electron chi connectivity index (χ3n) is 2.22. The number of Topliss-reactive ketones (excluding diaryl/α,β-unsaturated/α-hetero) is 1. The highest BCUT2D eigenvalue weighted by Gasteiger charge is 2.41. The monoisotopic (exact) mass is 153 g/mol. The number of carbonyl (C=O) groups is 1. The summed E-state index contributed by atoms with van der Waals surface area (Å²) in [6.07, 6.45) is 2.02. The Morgan fingerprint density at radius 1 is 1.73 bits per heavy atom. The van der Waals surface area contributed by atoms with Crippen molar-refractivity contribution >= 4 is 5.78 Å². The van der Waals surface area contributed by atoms with Crippen LogP contribution in [0.25, 0.3) is 0 Å². The molecule has 2 atom stereocenters. The summed E-state index contributed by atoms with van der Waals surface area (Å²) >= 11 is 0. The Bertz CT molecular complexity index is 186. The molecule has 1 fully saturated rings. The van der Waals surface area contributed by atoms with Crippen molar-refractivity contribution < 1.29 is 4.79 Å². The first-order valence-electron chi connectivity index (χ1n) is 4.06. The van der Waals surface area contributed by atoms with E-state index in [1.807, 2.05) is 0 Å². The van der Waals surface area contributed by atoms with Gasteiger partial charge in [0.25, 0.3) is 0 Å². The quantitative estimate of drug-likeness (QED) is 0.615. The molecule has 0 spiro atoms. The first-order valence-corrected chi connectivity index (χ1v) is 4.06. The van der Waals surface area contributed by atoms with E-state index < -0.39 is 0 Å². The van der Waals surface area contributed by atoms with E-state index in [2.05, 4.69) is 6.58 Å². The molecule has 2 heteroatoms. The van der Waals surface area contributed by atoms with Crippen LogP contribution in [0.15, 0.2) is 12.2 Å². The van der Waals surface area contributed by atoms with Gasteiger partial charge >= 0.3 is 0 Å². The molecule has 0 radical (unpaired) electrons. The van der Waals surface area contributed by atoms with Crippen molar-refractivity contribution in [3.05, 3.63) is 12.2 Å². The standard InChI is InChI=1S/C9H15NO/c1-6(2)9(11)8-5-7(8)3-4-10/h7-8H,1,3-5,10H2,2H3/t7-,8?/m0/s1. The molecule has 1 saturated carbocycles. The normalized spacial score (nSPS) is 28.2. The molecule has 0 aliphatic heterocycles. The van der Waals surface area contributed by atoms with Gasteiger partial charge < -0.3 is 5.73 Å². The zero-order valence-corrected chi connectivity index (χ0v) is 6.97. The topological polar surface area (TPSA) is 43.1 Å². The molecule has 0 heterocycles. The van der Waals surface area contributed by atoms with Gasteiger partial charge in [-0.25, -0.2) is 0 Å². The molecule has 2 nitrogen and oxygen atoms in total. The third kappa shape index (κ3) is 1.90. The maximum atomic E-state index is 11.2. The Morgan fingerprint density at radius 3 is 2.82 bits per heavy atom. The van der Waals surface area contributed by atoms with Crippen molar-refractivity contribution in [1.29, 1.82) is 0 Å². The molecule has 0 aromatic heterocycles. The summed E-state index contributed by atoms with van der Waals surface area (Å²) in [5.41, 5.74) is 6.06. The molecular formula is C9H15NO. The molecular weight excluding hydrogens is 138 g/mol. The summed E-state index contributed by atoms with van der Waals surface area (Å²) < 4.78 is 0. The number of hydrogen-bond acceptors (Lipinski definition) is 2. The van der Waals surface area contributed by atoms with Crippen LogP contribution in [0.3, 0.4) is 0 Å². The van der Waals surface area contributed by atoms with E-state index in [0.29, 0.717) is 18.0 Å². The van der Waals surface area contributed by atoms with Gasteiger partial charge in [-0.05, 0) is 37.8 Å². The first-order chi connectivity index (χ1) is 5.16. The van der Waals surface area contributed by atoms with Gasteiger partial charge in [0.15, 0.2) is 5.78 Å². The average Bonchev–Trinajstić information content (AvgIpc) is 2.67. The SMILES string of the molecule is C=C(C)C(=O)C1C[C@@H]1CCN. The molecule has 1 unspecified atom stereocenters. The number of hydrogen-bond donors (Lipinski definition) is 1. The first kappa shape index (κ1) is 8.47. The summed E-state index contributed by atoms with van der Waals surface area (Å²) in [5, 5.41) is 0. The van der Waals surface area contributed by atoms with Crippen LogP contribution in [-0.2, 0) is 4.79 Å². The second-order valence-corrected chi connectivity index (χ2v) is 3.32. The van der Waals surface area contributed by atoms with Gasteiger partial charge in [-0.15, -0.1) is 0 Å². The molecule has 0 aromatic rings. The van der Waals surface area contributed by atoms with Crippen LogP contribution in [0.4, 0.5) is 0 Å². The van der Waals surface area contributed by atoms with Gasteiger partial charge in [0.1, 0.15) is 0 Å². The van der Waals surface area contributed by atoms with Crippen molar-refractivity contribution in [2.75, 3.05) is 6.54 Å². The highest BCUT2D eigenvalue weighted by atomic mass is 16.1. The van der Waals surface area contributed by atoms with Gasteiger partial charge in [-0.3, -0.25) is 4.79 Å². The van der Waals surface area contributed by atoms with Crippen molar-refractivity contribution in [2.45, 2.75) is 19.8 Å². The van der Waals surface area contributed by atoms with E-state index in [9.17, 15) is 4.79 Å². The zero-order valence-electron chi connectivity index (χ0n) is 6.97. The van der Waals surface area contributed by atoms with Crippen molar-refractivity contribution in [3.8, 4) is 0 Å². The molecule has 1 aliphatic rings. The van der Waals surface area contributed by atoms with Gasteiger partial charge in [0, 0.05) is 5.92 Å². The van der Waals surface area contributed by atoms with Crippen LogP contribution < -0.4 is 5.73 Å². The lowest BCUT2D eigenvalue weighted by atomic mass is 10.1. The molecule has 0 bridgehead atoms. The minimum absolute atomic E-state index is 0.239. The summed E-state index contributed by atoms with van der Waals surface area (Å²) in [6.45, 7) is 6.11. The number of carbonyl (C=O) groups excluding carboxylic acids is 1. The Kier molecular flexibility index (Phi) is 2.45. The van der Waals surface area contributed by atoms with E-state index in [1.165, 1.54) is 0 Å². The van der Waals surface area contributed by atoms with E-state index in [0.717, 1.165) is 12.8 Å². The van der Waals surface area contributed by atoms with E-state index >= 15 is 0 Å². The predicted molar refractivity (Wildman–Crippen MR) is 45.1 cm³/mol. The van der Waals surface area contributed by atoms with Crippen LogP contribution in [0.1, 0.15) is 19.8 Å². The summed E-state index contributed by atoms with van der Waals surface area (Å²) in [5.74, 6) is 1.06. The second-order valence-electron chi connectivity index (χ2n) is 3.32. The smallest absolute Gasteiger partial charge is 0.161 e. The van der Waals surface area contributed by atoms with Gasteiger partial charge in [0.2, 0.25) is 0 Å². The Balaban J connectivity index is 2.32. The molecule has 0 aromatic carbocycles. The molecule has 0 saturated heterocycles. The van der Waals surface area contributed by atoms with Crippen LogP contribution in [0.2, 0.25) is 0 Å². The van der Waals surface area contributed by atoms with Gasteiger partial charge in [-0.2, -0.15) is 0 Å². The Morgan fingerprint density at radius 2 is 2.36 bits per heavy atom. The van der Waals surface area contributed by atoms with E-state index in [-0.39, 0.29) is 11.7 Å². The average molecular weight is 153 g/mol. The third-order valence-corrected chi connectivity index (χ3v) is 2.22. The van der Waals surface area contributed by atoms with E-state index in [1.54, 1.807) is 6.92 Å². The number of allylic oxidation sites excluding steroid dienone is 1. The van der Waals surface area contributed by atoms with Crippen molar-refractivity contribution in [1.82, 2.24) is 0 Å². The highest BCUT2D eigenvalue weighted by Crippen LogP contribution is 2.42. The van der Waals surface area contributed by atoms with Gasteiger partial charge in [0.05, 0.1) is 0 Å².